The summed E-state index contributed by atoms with van der Waals surface area (Å²) < 4.78 is 69.5. The molecule has 2 aliphatic rings. The molecule has 1 saturated heterocycles. The maximum absolute atomic E-state index is 15.1. The van der Waals surface area contributed by atoms with Crippen molar-refractivity contribution in [2.45, 2.75) is 65.9 Å². The van der Waals surface area contributed by atoms with Gasteiger partial charge in [0.15, 0.2) is 0 Å². The van der Waals surface area contributed by atoms with Crippen LogP contribution >= 0.6 is 11.8 Å². The van der Waals surface area contributed by atoms with Gasteiger partial charge in [0.25, 0.3) is 0 Å². The van der Waals surface area contributed by atoms with Crippen LogP contribution < -0.4 is 31.5 Å². The van der Waals surface area contributed by atoms with Crippen LogP contribution in [-0.2, 0) is 14.8 Å². The molecule has 3 N–H and O–H groups in total. The van der Waals surface area contributed by atoms with Gasteiger partial charge >= 0.3 is 253 Å². The number of carbonyl (C=O) groups excluding carboxylic acids is 1. The Bertz CT molecular complexity index is 1340. The summed E-state index contributed by atoms with van der Waals surface area (Å²) >= 11 is -0.223. The minimum atomic E-state index is -4.46. The molecule has 0 radical (unpaired) electrons. The van der Waals surface area contributed by atoms with Crippen molar-refractivity contribution < 1.29 is 56.2 Å². The summed E-state index contributed by atoms with van der Waals surface area (Å²) in [6.07, 6.45) is 2.12. The zero-order valence-electron chi connectivity index (χ0n) is 22.1. The Morgan fingerprint density at radius 2 is 1.78 bits per heavy atom. The van der Waals surface area contributed by atoms with Crippen molar-refractivity contribution in [1.82, 2.24) is 9.62 Å². The van der Waals surface area contributed by atoms with Crippen LogP contribution in [0.4, 0.5) is 18.9 Å². The van der Waals surface area contributed by atoms with E-state index in [1.807, 2.05) is 35.1 Å². The van der Waals surface area contributed by atoms with Crippen molar-refractivity contribution in [2.24, 2.45) is 0 Å². The number of thioether (sulfide) groups is 1. The number of sulfonamides is 1. The Morgan fingerprint density at radius 3 is 2.41 bits per heavy atom. The average molecular weight is 729 g/mol. The molecule has 41 heavy (non-hydrogen) atoms. The van der Waals surface area contributed by atoms with E-state index in [2.05, 4.69) is 5.32 Å². The second-order valence-corrected chi connectivity index (χ2v) is 15.5. The van der Waals surface area contributed by atoms with E-state index in [0.29, 0.717) is 37.2 Å². The summed E-state index contributed by atoms with van der Waals surface area (Å²) in [5.41, 5.74) is -1.86. The first-order valence-corrected chi connectivity index (χ1v) is 17.6. The van der Waals surface area contributed by atoms with Gasteiger partial charge in [-0.2, -0.15) is 0 Å². The fourth-order valence-electron chi connectivity index (χ4n) is 4.77. The van der Waals surface area contributed by atoms with Gasteiger partial charge < -0.3 is 0 Å². The van der Waals surface area contributed by atoms with Crippen molar-refractivity contribution in [1.29, 1.82) is 0 Å². The first kappa shape index (κ1) is 31.8. The topological polar surface area (TPSA) is 119 Å². The van der Waals surface area contributed by atoms with Gasteiger partial charge in [0.1, 0.15) is 0 Å². The van der Waals surface area contributed by atoms with Crippen LogP contribution in [0.1, 0.15) is 38.5 Å². The number of hydrogen-bond donors (Lipinski definition) is 3. The molecule has 226 valence electrons. The standard InChI is InChI=1S/C26H32F3IN4O5S2/c27-25(12-5-2-6-13-25)24(35)32-41(38,39)21-9-10-23(22(15-21)30-34(36)37)31-19(11-14-33-17-26(28,29)18-33)16-40-20-7-3-1-4-8-20/h1,3-4,7-10,15,19,31H,2,5-6,11-14,16-18H2,(H,32,35)(H,36,37)/t19-/m1/s1. The third-order valence-electron chi connectivity index (χ3n) is 6.95. The summed E-state index contributed by atoms with van der Waals surface area (Å²) in [7, 11) is -4.46. The Hall–Kier alpha value is -2.11. The number of hydrogen-bond acceptors (Lipinski definition) is 7. The van der Waals surface area contributed by atoms with E-state index in [-0.39, 0.29) is 43.6 Å². The van der Waals surface area contributed by atoms with Crippen LogP contribution in [0.25, 0.3) is 0 Å². The van der Waals surface area contributed by atoms with Crippen LogP contribution in [0.2, 0.25) is 0 Å². The van der Waals surface area contributed by atoms with E-state index in [1.54, 1.807) is 16.7 Å². The monoisotopic (exact) mass is 728 g/mol. The number of nitrogens with zero attached hydrogens (tertiary/aromatic N) is 2. The van der Waals surface area contributed by atoms with Gasteiger partial charge in [0.05, 0.1) is 0 Å². The average Bonchev–Trinajstić information content (AvgIpc) is 2.90. The summed E-state index contributed by atoms with van der Waals surface area (Å²) in [5, 5.41) is 12.8. The number of likely N-dealkylation sites (tertiary alicyclic amines) is 1. The van der Waals surface area contributed by atoms with Crippen molar-refractivity contribution in [3.63, 3.8) is 0 Å². The molecular weight excluding hydrogens is 696 g/mol. The van der Waals surface area contributed by atoms with Gasteiger partial charge in [-0.25, -0.2) is 0 Å². The maximum atomic E-state index is 15.1. The van der Waals surface area contributed by atoms with E-state index in [1.165, 1.54) is 18.2 Å². The normalized spacial score (nSPS) is 19.2. The fourth-order valence-corrected chi connectivity index (χ4v) is 8.56. The first-order valence-electron chi connectivity index (χ1n) is 13.1. The van der Waals surface area contributed by atoms with E-state index in [0.717, 1.165) is 11.3 Å². The minimum absolute atomic E-state index is 0.0545. The van der Waals surface area contributed by atoms with Gasteiger partial charge in [-0.15, -0.1) is 0 Å². The predicted octanol–water partition coefficient (Wildman–Crippen LogP) is 1.42. The molecule has 1 aliphatic carbocycles. The third-order valence-corrected chi connectivity index (χ3v) is 11.3. The summed E-state index contributed by atoms with van der Waals surface area (Å²) in [6.45, 7) is -0.211. The molecule has 1 atom stereocenters. The molecule has 9 nitrogen and oxygen atoms in total. The Balaban J connectivity index is 1.51. The summed E-state index contributed by atoms with van der Waals surface area (Å²) in [4.78, 5) is 26.5. The quantitative estimate of drug-likeness (QED) is 0.123. The van der Waals surface area contributed by atoms with Crippen LogP contribution in [0.5, 0.6) is 0 Å². The molecule has 4 rings (SSSR count). The number of rotatable bonds is 13. The number of amides is 1. The molecule has 0 aromatic heterocycles. The molecule has 2 fully saturated rings. The predicted molar refractivity (Wildman–Crippen MR) is 143 cm³/mol. The van der Waals surface area contributed by atoms with Crippen LogP contribution in [-0.4, -0.2) is 70.6 Å². The molecule has 0 spiro atoms. The van der Waals surface area contributed by atoms with Crippen molar-refractivity contribution >= 4 is 33.4 Å². The van der Waals surface area contributed by atoms with Gasteiger partial charge in [0.2, 0.25) is 0 Å². The van der Waals surface area contributed by atoms with Gasteiger partial charge in [-0.1, -0.05) is 0 Å². The van der Waals surface area contributed by atoms with Crippen LogP contribution in [0.15, 0.2) is 58.3 Å². The Kier molecular flexibility index (Phi) is 10.4. The molecule has 1 heterocycles. The van der Waals surface area contributed by atoms with E-state index < -0.39 is 49.0 Å². The van der Waals surface area contributed by atoms with Crippen molar-refractivity contribution in [3.8, 4) is 0 Å². The second-order valence-electron chi connectivity index (χ2n) is 10.2. The number of alkyl halides is 3. The second kappa shape index (κ2) is 13.5. The van der Waals surface area contributed by atoms with Crippen LogP contribution in [0.3, 0.4) is 0 Å². The van der Waals surface area contributed by atoms with E-state index in [9.17, 15) is 32.1 Å². The molecule has 0 unspecified atom stereocenters. The van der Waals surface area contributed by atoms with Gasteiger partial charge in [-0.05, 0) is 0 Å². The molecular formula is C26H32F3IN4O5S2. The summed E-state index contributed by atoms with van der Waals surface area (Å²) in [6, 6.07) is 13.2. The molecule has 2 aromatic carbocycles. The number of benzene rings is 2. The van der Waals surface area contributed by atoms with Gasteiger partial charge in [-0.3, -0.25) is 0 Å². The van der Waals surface area contributed by atoms with E-state index in [4.69, 9.17) is 0 Å². The molecule has 2 aromatic rings. The molecule has 15 heteroatoms. The number of nitrogens with one attached hydrogen (secondary N) is 2. The van der Waals surface area contributed by atoms with Gasteiger partial charge in [0, 0.05) is 0 Å². The summed E-state index contributed by atoms with van der Waals surface area (Å²) in [5.74, 6) is -3.35. The fraction of sp³-hybridized carbons (Fsp3) is 0.500. The zero-order chi connectivity index (χ0) is 29.7. The number of carbonyl (C=O) groups is 1. The Labute approximate surface area is 251 Å². The first-order chi connectivity index (χ1) is 19.4. The third kappa shape index (κ3) is 8.94. The number of halogens is 4. The SMILES string of the molecule is O=C(NS(=O)(=O)c1ccc(N[C@H](CCN2CC(F)(F)C2)CSc2ccccc2)c([I-][N+](=O)O)c1)C1(F)CCCCC1. The molecule has 1 amide bonds. The molecule has 1 aliphatic heterocycles. The van der Waals surface area contributed by atoms with Crippen molar-refractivity contribution in [3.05, 3.63) is 57.0 Å². The molecule has 0 bridgehead atoms. The number of anilines is 1. The Morgan fingerprint density at radius 1 is 1.10 bits per heavy atom. The van der Waals surface area contributed by atoms with E-state index >= 15 is 4.39 Å². The van der Waals surface area contributed by atoms with Crippen LogP contribution in [0, 0.1) is 8.48 Å². The van der Waals surface area contributed by atoms with Crippen molar-refractivity contribution in [2.75, 3.05) is 30.7 Å². The zero-order valence-corrected chi connectivity index (χ0v) is 25.9. The molecule has 1 saturated carbocycles.